The number of carbonyl (C=O) groups excluding carboxylic acids is 2. The molecule has 0 spiro atoms. The monoisotopic (exact) mass is 696 g/mol. The number of rotatable bonds is 12. The third kappa shape index (κ3) is 8.84. The minimum atomic E-state index is -0.887. The average molecular weight is 697 g/mol. The molecule has 1 aromatic heterocycles. The lowest BCUT2D eigenvalue weighted by molar-refractivity contribution is -0.245. The van der Waals surface area contributed by atoms with Gasteiger partial charge in [-0.25, -0.2) is 9.59 Å². The number of carbonyl (C=O) groups is 2. The van der Waals surface area contributed by atoms with Gasteiger partial charge < -0.3 is 35.1 Å². The molecular weight excluding hydrogens is 660 g/mol. The molecule has 0 saturated carbocycles. The molecular formula is C36H36N6O7S. The fourth-order valence-electron chi connectivity index (χ4n) is 5.49. The topological polar surface area (TPSA) is 170 Å². The molecule has 1 aliphatic rings. The summed E-state index contributed by atoms with van der Waals surface area (Å²) in [4.78, 5) is 25.5. The van der Waals surface area contributed by atoms with Crippen LogP contribution in [0.3, 0.4) is 0 Å². The van der Waals surface area contributed by atoms with Gasteiger partial charge in [-0.1, -0.05) is 78.5 Å². The number of tetrazole rings is 1. The van der Waals surface area contributed by atoms with Gasteiger partial charge in [0, 0.05) is 29.8 Å². The molecule has 5 aromatic rings. The van der Waals surface area contributed by atoms with Gasteiger partial charge in [-0.2, -0.15) is 4.68 Å². The van der Waals surface area contributed by atoms with Crippen LogP contribution >= 0.6 is 11.8 Å². The first-order valence-corrected chi connectivity index (χ1v) is 16.9. The molecule has 258 valence electrons. The van der Waals surface area contributed by atoms with Crippen LogP contribution in [0.2, 0.25) is 0 Å². The maximum Gasteiger partial charge on any atom is 0.328 e. The minimum absolute atomic E-state index is 0.0629. The summed E-state index contributed by atoms with van der Waals surface area (Å²) in [6, 6.07) is 29.2. The van der Waals surface area contributed by atoms with Crippen molar-refractivity contribution in [2.45, 2.75) is 49.1 Å². The Morgan fingerprint density at radius 3 is 2.48 bits per heavy atom. The number of anilines is 1. The summed E-state index contributed by atoms with van der Waals surface area (Å²) in [5.41, 5.74) is 4.46. The molecule has 4 atom stereocenters. The number of phenols is 1. The van der Waals surface area contributed by atoms with E-state index < -0.39 is 24.3 Å². The molecule has 4 N–H and O–H groups in total. The number of benzene rings is 4. The normalized spacial score (nSPS) is 17.8. The molecule has 1 saturated heterocycles. The molecule has 13 nitrogen and oxygen atoms in total. The van der Waals surface area contributed by atoms with Crippen LogP contribution in [-0.4, -0.2) is 67.4 Å². The van der Waals surface area contributed by atoms with Gasteiger partial charge in [0.2, 0.25) is 5.16 Å². The second-order valence-electron chi connectivity index (χ2n) is 11.5. The molecule has 50 heavy (non-hydrogen) atoms. The summed E-state index contributed by atoms with van der Waals surface area (Å²) in [7, 11) is 1.28. The van der Waals surface area contributed by atoms with Crippen molar-refractivity contribution in [3.05, 3.63) is 125 Å². The number of aromatic nitrogens is 4. The standard InChI is InChI=1S/C36H36N6O7S/c1-47-33(45)31(18-23-6-3-2-4-7-23)38-35(46)37-27-9-5-8-26(19-27)34-48-30(20-32(49-34)25-12-10-24(21-43)11-13-25)22-50-36-39-40-41-42(36)28-14-16-29(44)17-15-28/h2-17,19,30-32,34,43-44H,18,20-22H2,1H3,(H2,37,38,46). The van der Waals surface area contributed by atoms with E-state index in [0.29, 0.717) is 34.3 Å². The predicted molar refractivity (Wildman–Crippen MR) is 185 cm³/mol. The van der Waals surface area contributed by atoms with Crippen molar-refractivity contribution in [2.75, 3.05) is 18.2 Å². The lowest BCUT2D eigenvalue weighted by atomic mass is 10.0. The number of aliphatic hydroxyl groups excluding tert-OH is 1. The number of methoxy groups -OCH3 is 1. The molecule has 1 fully saturated rings. The lowest BCUT2D eigenvalue weighted by Crippen LogP contribution is -2.45. The highest BCUT2D eigenvalue weighted by molar-refractivity contribution is 7.99. The maximum atomic E-state index is 13.1. The van der Waals surface area contributed by atoms with Crippen LogP contribution < -0.4 is 10.6 Å². The molecule has 14 heteroatoms. The van der Waals surface area contributed by atoms with E-state index in [-0.39, 0.29) is 31.0 Å². The Labute approximate surface area is 292 Å². The van der Waals surface area contributed by atoms with Crippen LogP contribution in [0, 0.1) is 0 Å². The van der Waals surface area contributed by atoms with Crippen LogP contribution in [0.5, 0.6) is 5.75 Å². The number of esters is 1. The van der Waals surface area contributed by atoms with Gasteiger partial charge >= 0.3 is 12.0 Å². The number of thioether (sulfide) groups is 1. The quantitative estimate of drug-likeness (QED) is 0.101. The van der Waals surface area contributed by atoms with Crippen LogP contribution in [0.25, 0.3) is 5.69 Å². The van der Waals surface area contributed by atoms with Crippen molar-refractivity contribution in [3.63, 3.8) is 0 Å². The second kappa shape index (κ2) is 16.4. The van der Waals surface area contributed by atoms with E-state index >= 15 is 0 Å². The molecule has 4 unspecified atom stereocenters. The third-order valence-electron chi connectivity index (χ3n) is 8.04. The molecule has 1 aliphatic heterocycles. The van der Waals surface area contributed by atoms with E-state index in [1.165, 1.54) is 18.9 Å². The van der Waals surface area contributed by atoms with Crippen LogP contribution in [0.4, 0.5) is 10.5 Å². The van der Waals surface area contributed by atoms with Gasteiger partial charge in [0.1, 0.15) is 11.8 Å². The van der Waals surface area contributed by atoms with Crippen molar-refractivity contribution < 1.29 is 34.0 Å². The van der Waals surface area contributed by atoms with Gasteiger partial charge in [0.05, 0.1) is 31.6 Å². The van der Waals surface area contributed by atoms with Crippen LogP contribution in [0.1, 0.15) is 41.1 Å². The van der Waals surface area contributed by atoms with Crippen molar-refractivity contribution >= 4 is 29.4 Å². The maximum absolute atomic E-state index is 13.1. The highest BCUT2D eigenvalue weighted by Crippen LogP contribution is 2.40. The molecule has 6 rings (SSSR count). The van der Waals surface area contributed by atoms with Gasteiger partial charge in [0.25, 0.3) is 0 Å². The number of amides is 2. The Kier molecular flexibility index (Phi) is 11.4. The first-order valence-electron chi connectivity index (χ1n) is 15.9. The zero-order valence-corrected chi connectivity index (χ0v) is 27.9. The van der Waals surface area contributed by atoms with Crippen molar-refractivity contribution in [2.24, 2.45) is 0 Å². The highest BCUT2D eigenvalue weighted by atomic mass is 32.2. The molecule has 4 aromatic carbocycles. The Bertz CT molecular complexity index is 1870. The lowest BCUT2D eigenvalue weighted by Gasteiger charge is -2.36. The summed E-state index contributed by atoms with van der Waals surface area (Å²) in [5, 5.41) is 37.5. The molecule has 2 heterocycles. The minimum Gasteiger partial charge on any atom is -0.508 e. The van der Waals surface area contributed by atoms with Gasteiger partial charge in [0.15, 0.2) is 6.29 Å². The van der Waals surface area contributed by atoms with E-state index in [4.69, 9.17) is 14.2 Å². The van der Waals surface area contributed by atoms with Gasteiger partial charge in [-0.05, 0) is 63.5 Å². The number of phenolic OH excluding ortho intramolecular Hbond substituents is 1. The van der Waals surface area contributed by atoms with E-state index in [0.717, 1.165) is 16.7 Å². The third-order valence-corrected chi connectivity index (χ3v) is 9.09. The summed E-state index contributed by atoms with van der Waals surface area (Å²) in [6.07, 6.45) is -0.592. The van der Waals surface area contributed by atoms with Crippen molar-refractivity contribution in [3.8, 4) is 11.4 Å². The SMILES string of the molecule is COC(=O)C(Cc1ccccc1)NC(=O)Nc1cccc(C2OC(CSc3nnnn3-c3ccc(O)cc3)CC(c3ccc(CO)cc3)O2)c1. The summed E-state index contributed by atoms with van der Waals surface area (Å²) >= 11 is 1.43. The Balaban J connectivity index is 1.17. The average Bonchev–Trinajstić information content (AvgIpc) is 3.63. The molecule has 2 amide bonds. The smallest absolute Gasteiger partial charge is 0.328 e. The summed E-state index contributed by atoms with van der Waals surface area (Å²) < 4.78 is 19.5. The zero-order chi connectivity index (χ0) is 34.9. The number of aliphatic hydroxyl groups is 1. The number of aromatic hydroxyl groups is 1. The first-order chi connectivity index (χ1) is 24.4. The Hall–Kier alpha value is -5.28. The molecule has 0 bridgehead atoms. The van der Waals surface area contributed by atoms with E-state index in [9.17, 15) is 19.8 Å². The number of ether oxygens (including phenoxy) is 3. The second-order valence-corrected chi connectivity index (χ2v) is 12.5. The fraction of sp³-hybridized carbons (Fsp3) is 0.250. The summed E-state index contributed by atoms with van der Waals surface area (Å²) in [6.45, 7) is -0.0629. The number of urea groups is 1. The van der Waals surface area contributed by atoms with E-state index in [2.05, 4.69) is 26.2 Å². The van der Waals surface area contributed by atoms with Crippen molar-refractivity contribution in [1.29, 1.82) is 0 Å². The Morgan fingerprint density at radius 1 is 0.960 bits per heavy atom. The number of nitrogens with one attached hydrogen (secondary N) is 2. The fourth-order valence-corrected chi connectivity index (χ4v) is 6.40. The van der Waals surface area contributed by atoms with Crippen LogP contribution in [0.15, 0.2) is 108 Å². The van der Waals surface area contributed by atoms with Gasteiger partial charge in [-0.15, -0.1) is 5.10 Å². The predicted octanol–water partition coefficient (Wildman–Crippen LogP) is 5.10. The zero-order valence-electron chi connectivity index (χ0n) is 27.1. The first kappa shape index (κ1) is 34.6. The molecule has 0 radical (unpaired) electrons. The Morgan fingerprint density at radius 2 is 1.74 bits per heavy atom. The number of hydrogen-bond donors (Lipinski definition) is 4. The van der Waals surface area contributed by atoms with Crippen LogP contribution in [-0.2, 0) is 32.0 Å². The highest BCUT2D eigenvalue weighted by Gasteiger charge is 2.33. The number of nitrogens with zero attached hydrogens (tertiary/aromatic N) is 4. The van der Waals surface area contributed by atoms with Crippen molar-refractivity contribution in [1.82, 2.24) is 25.5 Å². The number of hydrogen-bond acceptors (Lipinski definition) is 11. The van der Waals surface area contributed by atoms with E-state index in [1.807, 2.05) is 60.7 Å². The summed E-state index contributed by atoms with van der Waals surface area (Å²) in [5.74, 6) is 0.0881. The molecule has 0 aliphatic carbocycles. The largest absolute Gasteiger partial charge is 0.508 e. The van der Waals surface area contributed by atoms with Gasteiger partial charge in [-0.3, -0.25) is 0 Å². The van der Waals surface area contributed by atoms with E-state index in [1.54, 1.807) is 47.1 Å².